The lowest BCUT2D eigenvalue weighted by Gasteiger charge is -2.29. The van der Waals surface area contributed by atoms with Gasteiger partial charge in [0.25, 0.3) is 0 Å². The third-order valence-corrected chi connectivity index (χ3v) is 7.76. The van der Waals surface area contributed by atoms with Crippen LogP contribution in [0.2, 0.25) is 0 Å². The molecule has 0 aliphatic heterocycles. The number of nitrogens with two attached hydrogens (primary N) is 1. The Morgan fingerprint density at radius 1 is 1.16 bits per heavy atom. The van der Waals surface area contributed by atoms with Crippen LogP contribution in [0.15, 0.2) is 40.6 Å². The van der Waals surface area contributed by atoms with Crippen LogP contribution in [-0.2, 0) is 0 Å². The standard InChI is InChI=1S/C22H23BrN6O2S/c23-18-19(13-3-1-12(2-4-13)9-17(30)31)28-21-15(11-27-29(21)20(18)24)14-5-6-16(26-10-14)22-25-7-8-32-22/h5-8,10-13,17,30-31H,1-4,9,24H2. The molecule has 0 spiro atoms. The summed E-state index contributed by atoms with van der Waals surface area (Å²) in [5.74, 6) is 1.12. The van der Waals surface area contributed by atoms with Crippen molar-refractivity contribution in [3.05, 3.63) is 46.3 Å². The molecule has 0 radical (unpaired) electrons. The van der Waals surface area contributed by atoms with Crippen molar-refractivity contribution >= 4 is 38.7 Å². The van der Waals surface area contributed by atoms with Gasteiger partial charge < -0.3 is 15.9 Å². The molecule has 0 saturated heterocycles. The van der Waals surface area contributed by atoms with Gasteiger partial charge in [0.15, 0.2) is 11.9 Å². The number of aromatic nitrogens is 5. The largest absolute Gasteiger partial charge is 0.383 e. The molecule has 0 amide bonds. The van der Waals surface area contributed by atoms with Crippen LogP contribution in [0.3, 0.4) is 0 Å². The number of halogens is 1. The van der Waals surface area contributed by atoms with Crippen molar-refractivity contribution in [2.24, 2.45) is 5.92 Å². The van der Waals surface area contributed by atoms with Gasteiger partial charge in [-0.1, -0.05) is 6.07 Å². The average Bonchev–Trinajstić information content (AvgIpc) is 3.47. The number of rotatable bonds is 5. The Hall–Kier alpha value is -2.40. The van der Waals surface area contributed by atoms with Gasteiger partial charge >= 0.3 is 0 Å². The third kappa shape index (κ3) is 4.03. The lowest BCUT2D eigenvalue weighted by atomic mass is 9.79. The highest BCUT2D eigenvalue weighted by atomic mass is 79.9. The number of anilines is 1. The zero-order valence-corrected chi connectivity index (χ0v) is 19.6. The number of hydrogen-bond donors (Lipinski definition) is 3. The highest BCUT2D eigenvalue weighted by Gasteiger charge is 2.28. The molecular weight excluding hydrogens is 492 g/mol. The van der Waals surface area contributed by atoms with Crippen molar-refractivity contribution < 1.29 is 10.2 Å². The molecule has 4 heterocycles. The summed E-state index contributed by atoms with van der Waals surface area (Å²) in [5.41, 5.74) is 10.7. The number of nitrogen functional groups attached to an aromatic ring is 1. The molecule has 4 aromatic rings. The summed E-state index contributed by atoms with van der Waals surface area (Å²) in [6.45, 7) is 0. The predicted octanol–water partition coefficient (Wildman–Crippen LogP) is 4.23. The van der Waals surface area contributed by atoms with Gasteiger partial charge in [-0.25, -0.2) is 9.97 Å². The second kappa shape index (κ2) is 8.86. The Morgan fingerprint density at radius 3 is 2.62 bits per heavy atom. The first-order valence-corrected chi connectivity index (χ1v) is 12.2. The lowest BCUT2D eigenvalue weighted by Crippen LogP contribution is -2.20. The van der Waals surface area contributed by atoms with Gasteiger partial charge in [-0.2, -0.15) is 9.61 Å². The number of pyridine rings is 1. The highest BCUT2D eigenvalue weighted by Crippen LogP contribution is 2.41. The van der Waals surface area contributed by atoms with E-state index in [0.717, 1.165) is 57.7 Å². The summed E-state index contributed by atoms with van der Waals surface area (Å²) in [6.07, 6.45) is 8.31. The molecule has 0 bridgehead atoms. The van der Waals surface area contributed by atoms with E-state index < -0.39 is 6.29 Å². The molecule has 4 aromatic heterocycles. The highest BCUT2D eigenvalue weighted by molar-refractivity contribution is 9.10. The zero-order valence-electron chi connectivity index (χ0n) is 17.2. The summed E-state index contributed by atoms with van der Waals surface area (Å²) in [4.78, 5) is 13.9. The van der Waals surface area contributed by atoms with Gasteiger partial charge in [-0.15, -0.1) is 11.3 Å². The molecule has 0 aromatic carbocycles. The van der Waals surface area contributed by atoms with Crippen LogP contribution in [0.5, 0.6) is 0 Å². The monoisotopic (exact) mass is 514 g/mol. The maximum atomic E-state index is 9.27. The van der Waals surface area contributed by atoms with Crippen molar-refractivity contribution in [2.45, 2.75) is 44.3 Å². The first kappa shape index (κ1) is 21.4. The van der Waals surface area contributed by atoms with E-state index in [0.29, 0.717) is 23.8 Å². The number of fused-ring (bicyclic) bond motifs is 1. The molecular formula is C22H23BrN6O2S. The SMILES string of the molecule is Nc1c(Br)c(C2CCC(CC(O)O)CC2)nc2c(-c3ccc(-c4nccs4)nc3)cnn12. The molecule has 0 unspecified atom stereocenters. The summed E-state index contributed by atoms with van der Waals surface area (Å²) in [5, 5.41) is 25.8. The second-order valence-electron chi connectivity index (χ2n) is 8.19. The van der Waals surface area contributed by atoms with Gasteiger partial charge in [0.1, 0.15) is 10.8 Å². The van der Waals surface area contributed by atoms with E-state index in [4.69, 9.17) is 10.7 Å². The fraction of sp³-hybridized carbons (Fsp3) is 0.364. The van der Waals surface area contributed by atoms with E-state index in [1.54, 1.807) is 28.2 Å². The number of hydrogen-bond acceptors (Lipinski definition) is 8. The molecule has 166 valence electrons. The van der Waals surface area contributed by atoms with Crippen molar-refractivity contribution in [2.75, 3.05) is 5.73 Å². The number of aliphatic hydroxyl groups excluding tert-OH is 1. The minimum atomic E-state index is -1.24. The summed E-state index contributed by atoms with van der Waals surface area (Å²) >= 11 is 5.20. The molecule has 32 heavy (non-hydrogen) atoms. The van der Waals surface area contributed by atoms with Crippen molar-refractivity contribution in [3.8, 4) is 21.8 Å². The molecule has 5 rings (SSSR count). The quantitative estimate of drug-likeness (QED) is 0.340. The van der Waals surface area contributed by atoms with E-state index >= 15 is 0 Å². The van der Waals surface area contributed by atoms with E-state index in [-0.39, 0.29) is 5.92 Å². The van der Waals surface area contributed by atoms with Crippen molar-refractivity contribution in [3.63, 3.8) is 0 Å². The van der Waals surface area contributed by atoms with Crippen LogP contribution >= 0.6 is 27.3 Å². The Bertz CT molecular complexity index is 1220. The molecule has 1 aliphatic carbocycles. The van der Waals surface area contributed by atoms with E-state index in [9.17, 15) is 10.2 Å². The van der Waals surface area contributed by atoms with E-state index in [2.05, 4.69) is 31.0 Å². The maximum Gasteiger partial charge on any atom is 0.165 e. The second-order valence-corrected chi connectivity index (χ2v) is 9.88. The van der Waals surface area contributed by atoms with E-state index in [1.165, 1.54) is 0 Å². The van der Waals surface area contributed by atoms with Gasteiger partial charge in [0.2, 0.25) is 0 Å². The van der Waals surface area contributed by atoms with Gasteiger partial charge in [0, 0.05) is 41.2 Å². The third-order valence-electron chi connectivity index (χ3n) is 6.15. The average molecular weight is 515 g/mol. The fourth-order valence-corrected chi connectivity index (χ4v) is 5.68. The predicted molar refractivity (Wildman–Crippen MR) is 127 cm³/mol. The summed E-state index contributed by atoms with van der Waals surface area (Å²) in [7, 11) is 0. The molecule has 0 atom stereocenters. The molecule has 10 heteroatoms. The van der Waals surface area contributed by atoms with E-state index in [1.807, 2.05) is 23.7 Å². The van der Waals surface area contributed by atoms with Gasteiger partial charge in [0.05, 0.1) is 22.1 Å². The lowest BCUT2D eigenvalue weighted by molar-refractivity contribution is -0.0592. The minimum Gasteiger partial charge on any atom is -0.383 e. The first-order chi connectivity index (χ1) is 15.5. The molecule has 1 fully saturated rings. The van der Waals surface area contributed by atoms with Crippen LogP contribution in [-0.4, -0.2) is 41.1 Å². The van der Waals surface area contributed by atoms with Gasteiger partial charge in [-0.3, -0.25) is 4.98 Å². The molecule has 1 aliphatic rings. The summed E-state index contributed by atoms with van der Waals surface area (Å²) in [6, 6.07) is 3.96. The summed E-state index contributed by atoms with van der Waals surface area (Å²) < 4.78 is 2.44. The Kier molecular flexibility index (Phi) is 5.93. The normalized spacial score (nSPS) is 19.1. The van der Waals surface area contributed by atoms with Crippen LogP contribution in [0.1, 0.15) is 43.7 Å². The Balaban J connectivity index is 1.47. The number of nitrogens with zero attached hydrogens (tertiary/aromatic N) is 5. The van der Waals surface area contributed by atoms with Crippen molar-refractivity contribution in [1.29, 1.82) is 0 Å². The zero-order chi connectivity index (χ0) is 22.2. The van der Waals surface area contributed by atoms with Gasteiger partial charge in [-0.05, 0) is 53.6 Å². The Morgan fingerprint density at radius 2 is 1.97 bits per heavy atom. The first-order valence-electron chi connectivity index (χ1n) is 10.6. The molecule has 8 nitrogen and oxygen atoms in total. The fourth-order valence-electron chi connectivity index (χ4n) is 4.49. The molecule has 1 saturated carbocycles. The minimum absolute atomic E-state index is 0.261. The van der Waals surface area contributed by atoms with Crippen molar-refractivity contribution in [1.82, 2.24) is 24.6 Å². The number of thiazole rings is 1. The number of aliphatic hydroxyl groups is 2. The molecule has 4 N–H and O–H groups in total. The smallest absolute Gasteiger partial charge is 0.165 e. The van der Waals surface area contributed by atoms with Crippen LogP contribution < -0.4 is 5.73 Å². The topological polar surface area (TPSA) is 122 Å². The maximum absolute atomic E-state index is 9.27. The van der Waals surface area contributed by atoms with Crippen LogP contribution in [0.25, 0.3) is 27.5 Å². The van der Waals surface area contributed by atoms with Crippen LogP contribution in [0.4, 0.5) is 5.82 Å². The van der Waals surface area contributed by atoms with Crippen LogP contribution in [0, 0.1) is 5.92 Å². The Labute approximate surface area is 197 Å².